The van der Waals surface area contributed by atoms with Gasteiger partial charge in [-0.1, -0.05) is 159 Å². The molecular formula is C37H69NO3. The van der Waals surface area contributed by atoms with Crippen molar-refractivity contribution in [1.82, 2.24) is 5.32 Å². The lowest BCUT2D eigenvalue weighted by molar-refractivity contribution is -0.123. The second kappa shape index (κ2) is 33.1. The van der Waals surface area contributed by atoms with Crippen LogP contribution in [0.3, 0.4) is 0 Å². The lowest BCUT2D eigenvalue weighted by Crippen LogP contribution is -2.45. The molecule has 0 aromatic carbocycles. The first-order valence-corrected chi connectivity index (χ1v) is 17.7. The fraction of sp³-hybridized carbons (Fsp3) is 0.811. The number of hydrogen-bond donors (Lipinski definition) is 3. The van der Waals surface area contributed by atoms with Crippen molar-refractivity contribution in [3.05, 3.63) is 36.5 Å². The van der Waals surface area contributed by atoms with Crippen LogP contribution in [0.1, 0.15) is 174 Å². The first-order valence-electron chi connectivity index (χ1n) is 17.7. The van der Waals surface area contributed by atoms with E-state index in [0.29, 0.717) is 6.42 Å². The summed E-state index contributed by atoms with van der Waals surface area (Å²) in [7, 11) is 0. The normalized spacial score (nSPS) is 13.6. The lowest BCUT2D eigenvalue weighted by Gasteiger charge is -2.19. The fourth-order valence-corrected chi connectivity index (χ4v) is 5.09. The van der Waals surface area contributed by atoms with Crippen molar-refractivity contribution in [2.45, 2.75) is 187 Å². The van der Waals surface area contributed by atoms with E-state index >= 15 is 0 Å². The van der Waals surface area contributed by atoms with E-state index in [0.717, 1.165) is 38.5 Å². The lowest BCUT2D eigenvalue weighted by atomic mass is 10.0. The maximum absolute atomic E-state index is 12.2. The van der Waals surface area contributed by atoms with E-state index in [2.05, 4.69) is 43.5 Å². The number of nitrogens with one attached hydrogen (secondary N) is 1. The van der Waals surface area contributed by atoms with E-state index in [-0.39, 0.29) is 12.5 Å². The molecule has 0 bridgehead atoms. The minimum absolute atomic E-state index is 0.0813. The average Bonchev–Trinajstić information content (AvgIpc) is 2.97. The summed E-state index contributed by atoms with van der Waals surface area (Å²) < 4.78 is 0. The van der Waals surface area contributed by atoms with Gasteiger partial charge in [0, 0.05) is 6.42 Å². The summed E-state index contributed by atoms with van der Waals surface area (Å²) in [4.78, 5) is 12.2. The molecule has 0 aromatic heterocycles. The van der Waals surface area contributed by atoms with Crippen LogP contribution in [0.25, 0.3) is 0 Å². The maximum Gasteiger partial charge on any atom is 0.220 e. The van der Waals surface area contributed by atoms with Crippen molar-refractivity contribution < 1.29 is 15.0 Å². The standard InChI is InChI=1S/C37H69NO3/c1-3-5-7-9-11-13-15-16-17-18-19-20-21-23-24-26-28-30-32-36(40)35(34-39)38-37(41)33-31-29-27-25-22-14-12-10-8-6-4-2/h18-19,23-24,30,32,35-36,39-40H,3-17,20-22,25-29,31,33-34H2,1-2H3,(H,38,41)/b19-18+,24-23+,32-30+. The van der Waals surface area contributed by atoms with Crippen LogP contribution >= 0.6 is 0 Å². The number of aliphatic hydroxyl groups excluding tert-OH is 2. The molecule has 2 atom stereocenters. The Morgan fingerprint density at radius 3 is 1.41 bits per heavy atom. The summed E-state index contributed by atoms with van der Waals surface area (Å²) in [6, 6.07) is -0.639. The number of unbranched alkanes of at least 4 members (excludes halogenated alkanes) is 20. The van der Waals surface area contributed by atoms with Crippen LogP contribution in [0.4, 0.5) is 0 Å². The number of carbonyl (C=O) groups is 1. The van der Waals surface area contributed by atoms with Gasteiger partial charge in [0.05, 0.1) is 18.8 Å². The number of hydrogen-bond acceptors (Lipinski definition) is 3. The Kier molecular flexibility index (Phi) is 32.0. The highest BCUT2D eigenvalue weighted by Gasteiger charge is 2.17. The predicted molar refractivity (Wildman–Crippen MR) is 179 cm³/mol. The van der Waals surface area contributed by atoms with Gasteiger partial charge in [-0.2, -0.15) is 0 Å². The number of amides is 1. The smallest absolute Gasteiger partial charge is 0.220 e. The zero-order chi connectivity index (χ0) is 30.1. The fourth-order valence-electron chi connectivity index (χ4n) is 5.09. The van der Waals surface area contributed by atoms with Gasteiger partial charge in [0.15, 0.2) is 0 Å². The third-order valence-corrected chi connectivity index (χ3v) is 7.85. The number of carbonyl (C=O) groups excluding carboxylic acids is 1. The van der Waals surface area contributed by atoms with E-state index in [1.165, 1.54) is 116 Å². The summed E-state index contributed by atoms with van der Waals surface area (Å²) in [5.41, 5.74) is 0. The van der Waals surface area contributed by atoms with Gasteiger partial charge in [-0.25, -0.2) is 0 Å². The SMILES string of the molecule is CCCCCCCCCC/C=C/CC/C=C/CC/C=C/C(O)C(CO)NC(=O)CCCCCCCCCCCCC. The predicted octanol–water partition coefficient (Wildman–Crippen LogP) is 10.3. The third kappa shape index (κ3) is 29.9. The van der Waals surface area contributed by atoms with Crippen LogP contribution in [-0.2, 0) is 4.79 Å². The topological polar surface area (TPSA) is 69.6 Å². The maximum atomic E-state index is 12.2. The van der Waals surface area contributed by atoms with E-state index < -0.39 is 12.1 Å². The zero-order valence-corrected chi connectivity index (χ0v) is 27.3. The molecule has 0 saturated heterocycles. The van der Waals surface area contributed by atoms with E-state index in [1.807, 2.05) is 6.08 Å². The third-order valence-electron chi connectivity index (χ3n) is 7.85. The zero-order valence-electron chi connectivity index (χ0n) is 27.3. The van der Waals surface area contributed by atoms with Crippen molar-refractivity contribution in [1.29, 1.82) is 0 Å². The highest BCUT2D eigenvalue weighted by atomic mass is 16.3. The van der Waals surface area contributed by atoms with Crippen LogP contribution < -0.4 is 5.32 Å². The Balaban J connectivity index is 3.72. The van der Waals surface area contributed by atoms with Crippen molar-refractivity contribution >= 4 is 5.91 Å². The van der Waals surface area contributed by atoms with E-state index in [1.54, 1.807) is 6.08 Å². The van der Waals surface area contributed by atoms with Crippen molar-refractivity contribution in [2.24, 2.45) is 0 Å². The molecule has 0 spiro atoms. The van der Waals surface area contributed by atoms with Gasteiger partial charge >= 0.3 is 0 Å². The molecule has 0 aliphatic carbocycles. The Bertz CT molecular complexity index is 628. The molecule has 0 radical (unpaired) electrons. The Morgan fingerprint density at radius 1 is 0.561 bits per heavy atom. The molecule has 0 rings (SSSR count). The van der Waals surface area contributed by atoms with Gasteiger partial charge in [0.25, 0.3) is 0 Å². The molecule has 0 fully saturated rings. The highest BCUT2D eigenvalue weighted by molar-refractivity contribution is 5.76. The second-order valence-electron chi connectivity index (χ2n) is 11.9. The molecule has 0 aliphatic rings. The van der Waals surface area contributed by atoms with Gasteiger partial charge < -0.3 is 15.5 Å². The van der Waals surface area contributed by atoms with Crippen LogP contribution in [-0.4, -0.2) is 34.9 Å². The first kappa shape index (κ1) is 39.6. The first-order chi connectivity index (χ1) is 20.2. The van der Waals surface area contributed by atoms with Crippen molar-refractivity contribution in [2.75, 3.05) is 6.61 Å². The van der Waals surface area contributed by atoms with Crippen LogP contribution in [0.5, 0.6) is 0 Å². The van der Waals surface area contributed by atoms with E-state index in [9.17, 15) is 15.0 Å². The van der Waals surface area contributed by atoms with Gasteiger partial charge in [-0.05, 0) is 44.9 Å². The molecule has 0 aliphatic heterocycles. The quantitative estimate of drug-likeness (QED) is 0.0569. The molecule has 4 nitrogen and oxygen atoms in total. The molecular weight excluding hydrogens is 506 g/mol. The van der Waals surface area contributed by atoms with Crippen molar-refractivity contribution in [3.8, 4) is 0 Å². The summed E-state index contributed by atoms with van der Waals surface area (Å²) in [5.74, 6) is -0.0813. The van der Waals surface area contributed by atoms with E-state index in [4.69, 9.17) is 0 Å². The summed E-state index contributed by atoms with van der Waals surface area (Å²) in [6.45, 7) is 4.26. The Hall–Kier alpha value is -1.39. The molecule has 0 aromatic rings. The molecule has 2 unspecified atom stereocenters. The molecule has 0 heterocycles. The number of allylic oxidation sites excluding steroid dienone is 5. The second-order valence-corrected chi connectivity index (χ2v) is 11.9. The van der Waals surface area contributed by atoms with Gasteiger partial charge in [-0.3, -0.25) is 4.79 Å². The molecule has 4 heteroatoms. The minimum Gasteiger partial charge on any atom is -0.394 e. The molecule has 1 amide bonds. The van der Waals surface area contributed by atoms with Crippen LogP contribution in [0.2, 0.25) is 0 Å². The molecule has 41 heavy (non-hydrogen) atoms. The number of rotatable bonds is 31. The molecule has 0 saturated carbocycles. The highest BCUT2D eigenvalue weighted by Crippen LogP contribution is 2.12. The van der Waals surface area contributed by atoms with Crippen LogP contribution in [0, 0.1) is 0 Å². The van der Waals surface area contributed by atoms with Crippen LogP contribution in [0.15, 0.2) is 36.5 Å². The van der Waals surface area contributed by atoms with Gasteiger partial charge in [0.1, 0.15) is 0 Å². The molecule has 240 valence electrons. The molecule has 3 N–H and O–H groups in total. The Labute approximate surface area is 255 Å². The monoisotopic (exact) mass is 576 g/mol. The average molecular weight is 576 g/mol. The van der Waals surface area contributed by atoms with Gasteiger partial charge in [-0.15, -0.1) is 0 Å². The Morgan fingerprint density at radius 2 is 0.951 bits per heavy atom. The summed E-state index contributed by atoms with van der Waals surface area (Å²) >= 11 is 0. The largest absolute Gasteiger partial charge is 0.394 e. The summed E-state index contributed by atoms with van der Waals surface area (Å²) in [6.07, 6.45) is 42.2. The minimum atomic E-state index is -0.864. The summed E-state index contributed by atoms with van der Waals surface area (Å²) in [5, 5.41) is 22.8. The van der Waals surface area contributed by atoms with Crippen molar-refractivity contribution in [3.63, 3.8) is 0 Å². The van der Waals surface area contributed by atoms with Gasteiger partial charge in [0.2, 0.25) is 5.91 Å². The number of aliphatic hydroxyl groups is 2.